The van der Waals surface area contributed by atoms with Crippen LogP contribution in [0, 0.1) is 5.82 Å². The quantitative estimate of drug-likeness (QED) is 0.933. The van der Waals surface area contributed by atoms with Crippen molar-refractivity contribution in [3.8, 4) is 0 Å². The molecule has 5 nitrogen and oxygen atoms in total. The Kier molecular flexibility index (Phi) is 4.21. The van der Waals surface area contributed by atoms with Crippen LogP contribution >= 0.6 is 0 Å². The van der Waals surface area contributed by atoms with E-state index in [-0.39, 0.29) is 5.82 Å². The van der Waals surface area contributed by atoms with Gasteiger partial charge in [0.05, 0.1) is 19.3 Å². The molecule has 0 amide bonds. The van der Waals surface area contributed by atoms with Gasteiger partial charge in [-0.15, -0.1) is 0 Å². The number of hydrogen-bond acceptors (Lipinski definition) is 5. The second-order valence-corrected chi connectivity index (χ2v) is 6.22. The van der Waals surface area contributed by atoms with Gasteiger partial charge in [-0.3, -0.25) is 0 Å². The molecule has 1 N–H and O–H groups in total. The molecular formula is C18H21FN4O. The summed E-state index contributed by atoms with van der Waals surface area (Å²) in [6.07, 6.45) is 1.84. The predicted molar refractivity (Wildman–Crippen MR) is 93.3 cm³/mol. The number of anilines is 3. The summed E-state index contributed by atoms with van der Waals surface area (Å²) in [5.41, 5.74) is 2.11. The van der Waals surface area contributed by atoms with E-state index in [2.05, 4.69) is 26.2 Å². The minimum Gasteiger partial charge on any atom is -0.378 e. The molecule has 3 heterocycles. The van der Waals surface area contributed by atoms with Crippen LogP contribution in [-0.4, -0.2) is 50.4 Å². The monoisotopic (exact) mass is 328 g/mol. The van der Waals surface area contributed by atoms with Crippen molar-refractivity contribution in [1.82, 2.24) is 4.98 Å². The highest BCUT2D eigenvalue weighted by Gasteiger charge is 2.27. The van der Waals surface area contributed by atoms with E-state index >= 15 is 0 Å². The number of halogens is 1. The highest BCUT2D eigenvalue weighted by molar-refractivity contribution is 5.56. The van der Waals surface area contributed by atoms with E-state index in [0.29, 0.717) is 6.04 Å². The van der Waals surface area contributed by atoms with Gasteiger partial charge in [-0.05, 0) is 24.3 Å². The molecule has 2 aliphatic rings. The molecule has 4 rings (SSSR count). The van der Waals surface area contributed by atoms with E-state index in [1.165, 1.54) is 11.8 Å². The maximum absolute atomic E-state index is 13.3. The zero-order valence-corrected chi connectivity index (χ0v) is 13.5. The number of aromatic nitrogens is 1. The first kappa shape index (κ1) is 15.2. The summed E-state index contributed by atoms with van der Waals surface area (Å²) in [5.74, 6) is 0.701. The number of pyridine rings is 1. The van der Waals surface area contributed by atoms with Crippen LogP contribution in [0.4, 0.5) is 21.6 Å². The van der Waals surface area contributed by atoms with Gasteiger partial charge >= 0.3 is 0 Å². The Bertz CT molecular complexity index is 699. The second kappa shape index (κ2) is 6.65. The Labute approximate surface area is 141 Å². The Hall–Kier alpha value is -2.34. The molecule has 24 heavy (non-hydrogen) atoms. The molecular weight excluding hydrogens is 307 g/mol. The summed E-state index contributed by atoms with van der Waals surface area (Å²) >= 11 is 0. The molecule has 6 heteroatoms. The van der Waals surface area contributed by atoms with Crippen LogP contribution in [0.15, 0.2) is 42.6 Å². The molecule has 1 aromatic heterocycles. The lowest BCUT2D eigenvalue weighted by molar-refractivity contribution is 0.122. The maximum atomic E-state index is 13.3. The van der Waals surface area contributed by atoms with Crippen LogP contribution in [0.2, 0.25) is 0 Å². The first-order valence-electron chi connectivity index (χ1n) is 8.34. The van der Waals surface area contributed by atoms with Crippen LogP contribution in [-0.2, 0) is 4.74 Å². The van der Waals surface area contributed by atoms with Crippen molar-refractivity contribution in [3.63, 3.8) is 0 Å². The second-order valence-electron chi connectivity index (χ2n) is 6.22. The van der Waals surface area contributed by atoms with Gasteiger partial charge in [0, 0.05) is 49.8 Å². The summed E-state index contributed by atoms with van der Waals surface area (Å²) in [5, 5.41) is 3.47. The zero-order valence-electron chi connectivity index (χ0n) is 13.5. The average Bonchev–Trinajstić information content (AvgIpc) is 2.59. The lowest BCUT2D eigenvalue weighted by atomic mass is 10.1. The van der Waals surface area contributed by atoms with Gasteiger partial charge in [-0.1, -0.05) is 6.07 Å². The SMILES string of the molecule is Fc1cccc(N2CC(Nc3cc(N4CCOCC4)ccn3)C2)c1. The third-order valence-electron chi connectivity index (χ3n) is 4.53. The van der Waals surface area contributed by atoms with Gasteiger partial charge in [0.25, 0.3) is 0 Å². The van der Waals surface area contributed by atoms with Crippen molar-refractivity contribution < 1.29 is 9.13 Å². The molecule has 0 aliphatic carbocycles. The first-order valence-corrected chi connectivity index (χ1v) is 8.34. The van der Waals surface area contributed by atoms with Crippen LogP contribution in [0.5, 0.6) is 0 Å². The van der Waals surface area contributed by atoms with Crippen molar-refractivity contribution in [3.05, 3.63) is 48.4 Å². The lowest BCUT2D eigenvalue weighted by Crippen LogP contribution is -2.55. The number of morpholine rings is 1. The van der Waals surface area contributed by atoms with E-state index < -0.39 is 0 Å². The minimum atomic E-state index is -0.191. The normalized spacial score (nSPS) is 18.4. The topological polar surface area (TPSA) is 40.6 Å². The molecule has 0 atom stereocenters. The molecule has 0 bridgehead atoms. The number of nitrogens with zero attached hydrogens (tertiary/aromatic N) is 3. The van der Waals surface area contributed by atoms with E-state index in [9.17, 15) is 4.39 Å². The highest BCUT2D eigenvalue weighted by Crippen LogP contribution is 2.24. The molecule has 2 aromatic rings. The minimum absolute atomic E-state index is 0.191. The molecule has 2 aliphatic heterocycles. The van der Waals surface area contributed by atoms with Gasteiger partial charge in [-0.25, -0.2) is 9.37 Å². The first-order chi connectivity index (χ1) is 11.8. The van der Waals surface area contributed by atoms with Crippen molar-refractivity contribution in [2.45, 2.75) is 6.04 Å². The van der Waals surface area contributed by atoms with Gasteiger partial charge in [-0.2, -0.15) is 0 Å². The Balaban J connectivity index is 1.35. The molecule has 0 spiro atoms. The number of nitrogens with one attached hydrogen (secondary N) is 1. The molecule has 1 aromatic carbocycles. The largest absolute Gasteiger partial charge is 0.378 e. The van der Waals surface area contributed by atoms with Crippen LogP contribution in [0.1, 0.15) is 0 Å². The number of benzene rings is 1. The number of ether oxygens (including phenoxy) is 1. The fourth-order valence-electron chi connectivity index (χ4n) is 3.18. The summed E-state index contributed by atoms with van der Waals surface area (Å²) < 4.78 is 18.7. The van der Waals surface area contributed by atoms with E-state index in [0.717, 1.165) is 50.9 Å². The van der Waals surface area contributed by atoms with E-state index in [4.69, 9.17) is 4.74 Å². The Morgan fingerprint density at radius 3 is 2.62 bits per heavy atom. The van der Waals surface area contributed by atoms with Crippen LogP contribution < -0.4 is 15.1 Å². The fourth-order valence-corrected chi connectivity index (χ4v) is 3.18. The van der Waals surface area contributed by atoms with E-state index in [1.807, 2.05) is 18.3 Å². The van der Waals surface area contributed by atoms with Crippen LogP contribution in [0.3, 0.4) is 0 Å². The summed E-state index contributed by atoms with van der Waals surface area (Å²) in [6, 6.07) is 11.2. The molecule has 0 unspecified atom stereocenters. The van der Waals surface area contributed by atoms with Gasteiger partial charge in [0.2, 0.25) is 0 Å². The third-order valence-corrected chi connectivity index (χ3v) is 4.53. The van der Waals surface area contributed by atoms with Crippen LogP contribution in [0.25, 0.3) is 0 Å². The van der Waals surface area contributed by atoms with Crippen molar-refractivity contribution in [2.24, 2.45) is 0 Å². The summed E-state index contributed by atoms with van der Waals surface area (Å²) in [6.45, 7) is 5.09. The van der Waals surface area contributed by atoms with Crippen molar-refractivity contribution >= 4 is 17.2 Å². The Morgan fingerprint density at radius 2 is 1.83 bits per heavy atom. The average molecular weight is 328 g/mol. The fraction of sp³-hybridized carbons (Fsp3) is 0.389. The molecule has 126 valence electrons. The van der Waals surface area contributed by atoms with Gasteiger partial charge in [0.1, 0.15) is 11.6 Å². The number of hydrogen-bond donors (Lipinski definition) is 1. The standard InChI is InChI=1S/C18H21FN4O/c19-14-2-1-3-16(10-14)23-12-15(13-23)21-18-11-17(4-5-20-18)22-6-8-24-9-7-22/h1-5,10-11,15H,6-9,12-13H2,(H,20,21). The smallest absolute Gasteiger partial charge is 0.128 e. The van der Waals surface area contributed by atoms with Gasteiger partial charge < -0.3 is 19.9 Å². The molecule has 0 saturated carbocycles. The summed E-state index contributed by atoms with van der Waals surface area (Å²) in [4.78, 5) is 8.90. The van der Waals surface area contributed by atoms with Crippen molar-refractivity contribution in [2.75, 3.05) is 54.5 Å². The van der Waals surface area contributed by atoms with E-state index in [1.54, 1.807) is 12.1 Å². The van der Waals surface area contributed by atoms with Crippen molar-refractivity contribution in [1.29, 1.82) is 0 Å². The zero-order chi connectivity index (χ0) is 16.4. The Morgan fingerprint density at radius 1 is 1.04 bits per heavy atom. The van der Waals surface area contributed by atoms with Gasteiger partial charge in [0.15, 0.2) is 0 Å². The lowest BCUT2D eigenvalue weighted by Gasteiger charge is -2.41. The third kappa shape index (κ3) is 3.28. The maximum Gasteiger partial charge on any atom is 0.128 e. The predicted octanol–water partition coefficient (Wildman–Crippen LogP) is 2.36. The molecule has 2 saturated heterocycles. The molecule has 0 radical (unpaired) electrons. The number of rotatable bonds is 4. The summed E-state index contributed by atoms with van der Waals surface area (Å²) in [7, 11) is 0. The molecule has 2 fully saturated rings. The highest BCUT2D eigenvalue weighted by atomic mass is 19.1.